The Hall–Kier alpha value is -2.22. The predicted octanol–water partition coefficient (Wildman–Crippen LogP) is 2.47. The number of nitriles is 1. The van der Waals surface area contributed by atoms with Crippen LogP contribution >= 0.6 is 0 Å². The van der Waals surface area contributed by atoms with Crippen LogP contribution < -0.4 is 9.47 Å². The Morgan fingerprint density at radius 1 is 1.29 bits per heavy atom. The molecular weight excluding hydrogens is 268 g/mol. The molecule has 1 amide bonds. The minimum atomic E-state index is -0.190. The van der Waals surface area contributed by atoms with Crippen LogP contribution in [0.1, 0.15) is 20.8 Å². The molecule has 21 heavy (non-hydrogen) atoms. The quantitative estimate of drug-likeness (QED) is 0.738. The average molecular weight is 290 g/mol. The number of likely N-dealkylation sites (N-methyl/N-ethyl adjacent to an activating group) is 1. The largest absolute Gasteiger partial charge is 0.490 e. The first kappa shape index (κ1) is 16.8. The second-order valence-corrected chi connectivity index (χ2v) is 4.63. The lowest BCUT2D eigenvalue weighted by Gasteiger charge is -2.22. The van der Waals surface area contributed by atoms with Crippen LogP contribution in [-0.2, 0) is 4.79 Å². The Balaban J connectivity index is 2.61. The van der Waals surface area contributed by atoms with Crippen molar-refractivity contribution in [1.29, 1.82) is 5.26 Å². The molecule has 0 saturated carbocycles. The van der Waals surface area contributed by atoms with Gasteiger partial charge in [0.1, 0.15) is 0 Å². The summed E-state index contributed by atoms with van der Waals surface area (Å²) in [5.74, 6) is 0.855. The molecule has 0 aliphatic carbocycles. The summed E-state index contributed by atoms with van der Waals surface area (Å²) >= 11 is 0. The lowest BCUT2D eigenvalue weighted by atomic mass is 10.2. The second kappa shape index (κ2) is 8.85. The van der Waals surface area contributed by atoms with Crippen molar-refractivity contribution in [3.63, 3.8) is 0 Å². The summed E-state index contributed by atoms with van der Waals surface area (Å²) in [4.78, 5) is 13.7. The van der Waals surface area contributed by atoms with E-state index in [0.29, 0.717) is 31.2 Å². The van der Waals surface area contributed by atoms with E-state index in [0.717, 1.165) is 0 Å². The maximum Gasteiger partial charge on any atom is 0.260 e. The van der Waals surface area contributed by atoms with Gasteiger partial charge >= 0.3 is 0 Å². The molecule has 0 radical (unpaired) electrons. The first-order valence-electron chi connectivity index (χ1n) is 7.14. The van der Waals surface area contributed by atoms with E-state index in [1.54, 1.807) is 24.0 Å². The molecule has 1 rings (SSSR count). The van der Waals surface area contributed by atoms with Gasteiger partial charge in [-0.25, -0.2) is 0 Å². The number of benzene rings is 1. The highest BCUT2D eigenvalue weighted by molar-refractivity contribution is 5.77. The van der Waals surface area contributed by atoms with Crippen molar-refractivity contribution < 1.29 is 14.3 Å². The normalized spacial score (nSPS) is 11.3. The fourth-order valence-electron chi connectivity index (χ4n) is 1.85. The highest BCUT2D eigenvalue weighted by Crippen LogP contribution is 2.26. The second-order valence-electron chi connectivity index (χ2n) is 4.63. The third-order valence-corrected chi connectivity index (χ3v) is 2.95. The fraction of sp³-hybridized carbons (Fsp3) is 0.500. The molecule has 1 aromatic rings. The van der Waals surface area contributed by atoms with Gasteiger partial charge in [0.2, 0.25) is 0 Å². The van der Waals surface area contributed by atoms with Crippen LogP contribution in [-0.4, -0.2) is 37.1 Å². The van der Waals surface area contributed by atoms with E-state index in [1.807, 2.05) is 26.0 Å². The van der Waals surface area contributed by atoms with Crippen molar-refractivity contribution in [2.45, 2.75) is 20.8 Å². The molecule has 1 atom stereocenters. The zero-order valence-corrected chi connectivity index (χ0v) is 12.8. The van der Waals surface area contributed by atoms with Crippen molar-refractivity contribution in [2.24, 2.45) is 5.92 Å². The summed E-state index contributed by atoms with van der Waals surface area (Å²) in [6, 6.07) is 9.39. The summed E-state index contributed by atoms with van der Waals surface area (Å²) < 4.78 is 11.0. The topological polar surface area (TPSA) is 62.6 Å². The molecule has 0 N–H and O–H groups in total. The van der Waals surface area contributed by atoms with E-state index in [2.05, 4.69) is 6.07 Å². The van der Waals surface area contributed by atoms with Gasteiger partial charge in [0.25, 0.3) is 5.91 Å². The van der Waals surface area contributed by atoms with E-state index < -0.39 is 0 Å². The van der Waals surface area contributed by atoms with Gasteiger partial charge in [-0.05, 0) is 32.9 Å². The molecule has 5 nitrogen and oxygen atoms in total. The molecule has 5 heteroatoms. The van der Waals surface area contributed by atoms with Crippen LogP contribution in [0.15, 0.2) is 24.3 Å². The Bertz CT molecular complexity index is 497. The lowest BCUT2D eigenvalue weighted by molar-refractivity contribution is -0.133. The van der Waals surface area contributed by atoms with Crippen molar-refractivity contribution in [3.8, 4) is 17.6 Å². The van der Waals surface area contributed by atoms with Gasteiger partial charge in [0, 0.05) is 13.1 Å². The number of rotatable bonds is 8. The standard InChI is InChI=1S/C16H22N2O3/c1-4-18(11-13(3)10-17)16(19)12-21-15-9-7-6-8-14(15)20-5-2/h6-9,13H,4-5,11-12H2,1-3H3. The van der Waals surface area contributed by atoms with Gasteiger partial charge in [-0.2, -0.15) is 5.26 Å². The van der Waals surface area contributed by atoms with E-state index in [-0.39, 0.29) is 18.4 Å². The predicted molar refractivity (Wildman–Crippen MR) is 80.1 cm³/mol. The fourth-order valence-corrected chi connectivity index (χ4v) is 1.85. The number of ether oxygens (including phenoxy) is 2. The van der Waals surface area contributed by atoms with E-state index in [9.17, 15) is 4.79 Å². The van der Waals surface area contributed by atoms with E-state index in [4.69, 9.17) is 14.7 Å². The van der Waals surface area contributed by atoms with Gasteiger partial charge < -0.3 is 14.4 Å². The molecule has 0 bridgehead atoms. The summed E-state index contributed by atoms with van der Waals surface area (Å²) in [5.41, 5.74) is 0. The number of para-hydroxylation sites is 2. The Kier molecular flexibility index (Phi) is 7.10. The molecular formula is C16H22N2O3. The van der Waals surface area contributed by atoms with Gasteiger partial charge in [0.15, 0.2) is 18.1 Å². The smallest absolute Gasteiger partial charge is 0.260 e. The highest BCUT2D eigenvalue weighted by Gasteiger charge is 2.16. The van der Waals surface area contributed by atoms with Crippen LogP contribution in [0.5, 0.6) is 11.5 Å². The molecule has 0 aliphatic rings. The number of carbonyl (C=O) groups excluding carboxylic acids is 1. The van der Waals surface area contributed by atoms with Gasteiger partial charge in [-0.15, -0.1) is 0 Å². The average Bonchev–Trinajstić information content (AvgIpc) is 2.51. The molecule has 1 unspecified atom stereocenters. The van der Waals surface area contributed by atoms with Gasteiger partial charge in [-0.3, -0.25) is 4.79 Å². The van der Waals surface area contributed by atoms with Gasteiger partial charge in [0.05, 0.1) is 18.6 Å². The molecule has 114 valence electrons. The Morgan fingerprint density at radius 2 is 1.90 bits per heavy atom. The van der Waals surface area contributed by atoms with Crippen LogP contribution in [0.4, 0.5) is 0 Å². The van der Waals surface area contributed by atoms with Crippen LogP contribution in [0, 0.1) is 17.2 Å². The maximum absolute atomic E-state index is 12.1. The lowest BCUT2D eigenvalue weighted by Crippen LogP contribution is -2.37. The molecule has 0 fully saturated rings. The number of nitrogens with zero attached hydrogens (tertiary/aromatic N) is 2. The molecule has 0 aliphatic heterocycles. The number of hydrogen-bond donors (Lipinski definition) is 0. The number of amides is 1. The van der Waals surface area contributed by atoms with Gasteiger partial charge in [-0.1, -0.05) is 12.1 Å². The Labute approximate surface area is 126 Å². The summed E-state index contributed by atoms with van der Waals surface area (Å²) in [6.45, 7) is 7.02. The zero-order valence-electron chi connectivity index (χ0n) is 12.8. The van der Waals surface area contributed by atoms with Crippen molar-refractivity contribution >= 4 is 5.91 Å². The first-order chi connectivity index (χ1) is 10.1. The minimum Gasteiger partial charge on any atom is -0.490 e. The van der Waals surface area contributed by atoms with Crippen LogP contribution in [0.3, 0.4) is 0 Å². The first-order valence-corrected chi connectivity index (χ1v) is 7.14. The highest BCUT2D eigenvalue weighted by atomic mass is 16.5. The zero-order chi connectivity index (χ0) is 15.7. The third kappa shape index (κ3) is 5.35. The third-order valence-electron chi connectivity index (χ3n) is 2.95. The summed E-state index contributed by atoms with van der Waals surface area (Å²) in [5, 5.41) is 8.83. The van der Waals surface area contributed by atoms with E-state index in [1.165, 1.54) is 0 Å². The van der Waals surface area contributed by atoms with E-state index >= 15 is 0 Å². The van der Waals surface area contributed by atoms with Crippen molar-refractivity contribution in [2.75, 3.05) is 26.3 Å². The minimum absolute atomic E-state index is 0.0594. The molecule has 1 aromatic carbocycles. The SMILES string of the molecule is CCOc1ccccc1OCC(=O)N(CC)CC(C)C#N. The van der Waals surface area contributed by atoms with Crippen molar-refractivity contribution in [1.82, 2.24) is 4.90 Å². The molecule has 0 aromatic heterocycles. The molecule has 0 spiro atoms. The monoisotopic (exact) mass is 290 g/mol. The van der Waals surface area contributed by atoms with Crippen LogP contribution in [0.2, 0.25) is 0 Å². The van der Waals surface area contributed by atoms with Crippen molar-refractivity contribution in [3.05, 3.63) is 24.3 Å². The maximum atomic E-state index is 12.1. The Morgan fingerprint density at radius 3 is 2.43 bits per heavy atom. The molecule has 0 heterocycles. The summed E-state index contributed by atoms with van der Waals surface area (Å²) in [6.07, 6.45) is 0. The number of hydrogen-bond acceptors (Lipinski definition) is 4. The summed E-state index contributed by atoms with van der Waals surface area (Å²) in [7, 11) is 0. The number of carbonyl (C=O) groups is 1. The molecule has 0 saturated heterocycles. The van der Waals surface area contributed by atoms with Crippen LogP contribution in [0.25, 0.3) is 0 Å².